The zero-order valence-electron chi connectivity index (χ0n) is 26.5. The van der Waals surface area contributed by atoms with E-state index in [1.807, 2.05) is 30.3 Å². The number of carbonyl (C=O) groups excluding carboxylic acids is 5. The molecule has 1 fully saturated rings. The Hall–Kier alpha value is -5.26. The molecule has 1 aliphatic heterocycles. The fourth-order valence-electron chi connectivity index (χ4n) is 4.98. The molecule has 5 rings (SSSR count). The van der Waals surface area contributed by atoms with Crippen molar-refractivity contribution in [2.75, 3.05) is 6.61 Å². The van der Waals surface area contributed by atoms with E-state index in [1.54, 1.807) is 91.0 Å². The van der Waals surface area contributed by atoms with E-state index in [0.29, 0.717) is 0 Å². The van der Waals surface area contributed by atoms with Gasteiger partial charge in [0, 0.05) is 11.3 Å². The van der Waals surface area contributed by atoms with Crippen LogP contribution in [-0.2, 0) is 33.3 Å². The Morgan fingerprint density at radius 2 is 1.10 bits per heavy atom. The fourth-order valence-corrected chi connectivity index (χ4v) is 6.10. The second-order valence-electron chi connectivity index (χ2n) is 11.1. The molecule has 5 atom stereocenters. The number of esters is 4. The summed E-state index contributed by atoms with van der Waals surface area (Å²) in [7, 11) is 0. The molecule has 0 spiro atoms. The first-order valence-corrected chi connectivity index (χ1v) is 16.5. The van der Waals surface area contributed by atoms with Gasteiger partial charge in [-0.2, -0.15) is 0 Å². The van der Waals surface area contributed by atoms with Crippen molar-refractivity contribution in [3.8, 4) is 0 Å². The molecule has 252 valence electrons. The highest BCUT2D eigenvalue weighted by atomic mass is 32.2. The summed E-state index contributed by atoms with van der Waals surface area (Å²) in [4.78, 5) is 65.4. The molecule has 4 aromatic carbocycles. The minimum absolute atomic E-state index is 0.0723. The van der Waals surface area contributed by atoms with E-state index in [0.717, 1.165) is 4.90 Å². The van der Waals surface area contributed by atoms with Gasteiger partial charge in [0.25, 0.3) is 0 Å². The highest BCUT2D eigenvalue weighted by molar-refractivity contribution is 7.99. The summed E-state index contributed by atoms with van der Waals surface area (Å²) in [6.07, 6.45) is -5.46. The molecule has 0 N–H and O–H groups in total. The van der Waals surface area contributed by atoms with Gasteiger partial charge in [0.15, 0.2) is 18.3 Å². The number of rotatable bonds is 14. The van der Waals surface area contributed by atoms with E-state index in [9.17, 15) is 24.0 Å². The van der Waals surface area contributed by atoms with E-state index in [-0.39, 0.29) is 35.3 Å². The minimum atomic E-state index is -1.33. The van der Waals surface area contributed by atoms with Gasteiger partial charge < -0.3 is 28.5 Å². The van der Waals surface area contributed by atoms with E-state index in [4.69, 9.17) is 23.7 Å². The molecule has 0 saturated carbocycles. The molecular formula is C38H34O10S. The van der Waals surface area contributed by atoms with Gasteiger partial charge in [0.05, 0.1) is 23.1 Å². The van der Waals surface area contributed by atoms with Crippen LogP contribution in [0.1, 0.15) is 50.8 Å². The Kier molecular flexibility index (Phi) is 12.3. The summed E-state index contributed by atoms with van der Waals surface area (Å²) in [5.74, 6) is -3.11. The van der Waals surface area contributed by atoms with Gasteiger partial charge in [0.2, 0.25) is 0 Å². The maximum atomic E-state index is 13.5. The highest BCUT2D eigenvalue weighted by Crippen LogP contribution is 2.40. The number of hydrogen-bond acceptors (Lipinski definition) is 11. The lowest BCUT2D eigenvalue weighted by Crippen LogP contribution is -2.47. The van der Waals surface area contributed by atoms with E-state index >= 15 is 0 Å². The third-order valence-corrected chi connectivity index (χ3v) is 8.58. The van der Waals surface area contributed by atoms with Crippen molar-refractivity contribution in [3.05, 3.63) is 138 Å². The number of thioether (sulfide) groups is 1. The lowest BCUT2D eigenvalue weighted by atomic mass is 10.1. The molecule has 0 aromatic heterocycles. The van der Waals surface area contributed by atoms with Crippen molar-refractivity contribution in [3.63, 3.8) is 0 Å². The molecule has 0 amide bonds. The van der Waals surface area contributed by atoms with Crippen LogP contribution in [0.3, 0.4) is 0 Å². The number of carbonyl (C=O) groups is 5. The molecule has 1 heterocycles. The van der Waals surface area contributed by atoms with Crippen molar-refractivity contribution in [1.82, 2.24) is 0 Å². The van der Waals surface area contributed by atoms with Crippen LogP contribution in [0.5, 0.6) is 0 Å². The van der Waals surface area contributed by atoms with Gasteiger partial charge in [-0.05, 0) is 55.5 Å². The van der Waals surface area contributed by atoms with Crippen LogP contribution in [0.4, 0.5) is 0 Å². The molecule has 0 radical (unpaired) electrons. The van der Waals surface area contributed by atoms with Crippen LogP contribution in [0.2, 0.25) is 0 Å². The van der Waals surface area contributed by atoms with Gasteiger partial charge in [-0.15, -0.1) is 0 Å². The molecular weight excluding hydrogens is 648 g/mol. The summed E-state index contributed by atoms with van der Waals surface area (Å²) in [6, 6.07) is 33.9. The van der Waals surface area contributed by atoms with Crippen molar-refractivity contribution >= 4 is 41.4 Å². The first-order chi connectivity index (χ1) is 23.8. The summed E-state index contributed by atoms with van der Waals surface area (Å²) < 4.78 is 29.9. The SMILES string of the molecule is CC(=O)CCC(=O)O[C@H](COC(=O)c1ccccc1)[C@@H]1O[C@@H](Sc2ccccc2)C(OC(=O)c2ccccc2)C1OC(=O)c1ccccc1. The average molecular weight is 683 g/mol. The predicted octanol–water partition coefficient (Wildman–Crippen LogP) is 6.09. The predicted molar refractivity (Wildman–Crippen MR) is 179 cm³/mol. The Morgan fingerprint density at radius 1 is 0.633 bits per heavy atom. The molecule has 2 unspecified atom stereocenters. The topological polar surface area (TPSA) is 132 Å². The zero-order chi connectivity index (χ0) is 34.6. The summed E-state index contributed by atoms with van der Waals surface area (Å²) in [6.45, 7) is 0.855. The Balaban J connectivity index is 1.51. The number of ether oxygens (including phenoxy) is 5. The molecule has 0 bridgehead atoms. The molecule has 10 nitrogen and oxygen atoms in total. The van der Waals surface area contributed by atoms with E-state index in [1.165, 1.54) is 18.7 Å². The number of hydrogen-bond donors (Lipinski definition) is 0. The maximum Gasteiger partial charge on any atom is 0.338 e. The van der Waals surface area contributed by atoms with Crippen LogP contribution in [0.25, 0.3) is 0 Å². The van der Waals surface area contributed by atoms with E-state index in [2.05, 4.69) is 0 Å². The standard InChI is InChI=1S/C38H34O10S/c1-25(39)22-23-31(40)45-30(24-44-35(41)26-14-6-2-7-15-26)32-33(46-36(42)27-16-8-3-9-17-27)34(47-37(43)28-18-10-4-11-19-28)38(48-32)49-29-20-12-5-13-21-29/h2-21,30,32-34,38H,22-24H2,1H3/t30-,32+,33?,34?,38+/m1/s1. The smallest absolute Gasteiger partial charge is 0.338 e. The molecule has 11 heteroatoms. The average Bonchev–Trinajstić information content (AvgIpc) is 3.45. The van der Waals surface area contributed by atoms with Gasteiger partial charge in [-0.1, -0.05) is 84.6 Å². The van der Waals surface area contributed by atoms with Gasteiger partial charge in [-0.3, -0.25) is 4.79 Å². The van der Waals surface area contributed by atoms with Crippen LogP contribution in [0.15, 0.2) is 126 Å². The number of Topliss-reactive ketones (excluding diaryl/α,β-unsaturated/α-hetero) is 1. The summed E-state index contributed by atoms with van der Waals surface area (Å²) >= 11 is 1.21. The van der Waals surface area contributed by atoms with Gasteiger partial charge in [-0.25, -0.2) is 14.4 Å². The van der Waals surface area contributed by atoms with Crippen molar-refractivity contribution in [2.45, 2.75) is 54.5 Å². The molecule has 1 saturated heterocycles. The summed E-state index contributed by atoms with van der Waals surface area (Å²) in [5, 5.41) is 0. The van der Waals surface area contributed by atoms with E-state index < -0.39 is 60.3 Å². The second kappa shape index (κ2) is 17.2. The van der Waals surface area contributed by atoms with Gasteiger partial charge in [0.1, 0.15) is 23.9 Å². The Bertz CT molecular complexity index is 1720. The Labute approximate surface area is 287 Å². The highest BCUT2D eigenvalue weighted by Gasteiger charge is 2.54. The van der Waals surface area contributed by atoms with Crippen molar-refractivity contribution < 1.29 is 47.7 Å². The van der Waals surface area contributed by atoms with Crippen molar-refractivity contribution in [2.24, 2.45) is 0 Å². The Morgan fingerprint density at radius 3 is 1.61 bits per heavy atom. The third-order valence-electron chi connectivity index (χ3n) is 7.43. The fraction of sp³-hybridized carbons (Fsp3) is 0.237. The molecule has 0 aliphatic carbocycles. The third kappa shape index (κ3) is 9.88. The zero-order valence-corrected chi connectivity index (χ0v) is 27.4. The summed E-state index contributed by atoms with van der Waals surface area (Å²) in [5.41, 5.74) is -0.224. The monoisotopic (exact) mass is 682 g/mol. The first-order valence-electron chi connectivity index (χ1n) is 15.6. The van der Waals surface area contributed by atoms with Crippen molar-refractivity contribution in [1.29, 1.82) is 0 Å². The van der Waals surface area contributed by atoms with Crippen LogP contribution < -0.4 is 0 Å². The lowest BCUT2D eigenvalue weighted by molar-refractivity contribution is -0.164. The quantitative estimate of drug-likeness (QED) is 0.113. The second-order valence-corrected chi connectivity index (χ2v) is 12.2. The number of ketones is 1. The van der Waals surface area contributed by atoms with Crippen LogP contribution in [0, 0.1) is 0 Å². The first kappa shape index (κ1) is 35.1. The van der Waals surface area contributed by atoms with Crippen LogP contribution in [-0.4, -0.2) is 66.1 Å². The molecule has 1 aliphatic rings. The normalized spacial score (nSPS) is 18.9. The number of benzene rings is 4. The lowest BCUT2D eigenvalue weighted by Gasteiger charge is -2.28. The molecule has 4 aromatic rings. The van der Waals surface area contributed by atoms with Gasteiger partial charge >= 0.3 is 23.9 Å². The van der Waals surface area contributed by atoms with Crippen LogP contribution >= 0.6 is 11.8 Å². The largest absolute Gasteiger partial charge is 0.458 e. The minimum Gasteiger partial charge on any atom is -0.458 e. The maximum absolute atomic E-state index is 13.5. The molecule has 49 heavy (non-hydrogen) atoms.